The second kappa shape index (κ2) is 11.1. The molecule has 218 valence electrons. The van der Waals surface area contributed by atoms with Crippen molar-refractivity contribution in [2.75, 3.05) is 6.54 Å². The molecule has 5 aromatic rings. The van der Waals surface area contributed by atoms with Crippen molar-refractivity contribution < 1.29 is 19.5 Å². The highest BCUT2D eigenvalue weighted by Gasteiger charge is 2.68. The molecule has 4 unspecified atom stereocenters. The van der Waals surface area contributed by atoms with Crippen molar-refractivity contribution in [2.45, 2.75) is 18.0 Å². The average molecular weight is 582 g/mol. The molecule has 2 aliphatic heterocycles. The maximum Gasteiger partial charge on any atom is 0.325 e. The fourth-order valence-corrected chi connectivity index (χ4v) is 6.91. The smallest absolute Gasteiger partial charge is 0.325 e. The lowest BCUT2D eigenvalue weighted by molar-refractivity contribution is -0.151. The lowest BCUT2D eigenvalue weighted by atomic mass is 9.76. The van der Waals surface area contributed by atoms with Gasteiger partial charge >= 0.3 is 5.97 Å². The maximum absolute atomic E-state index is 14.1. The Kier molecular flexibility index (Phi) is 6.95. The molecule has 2 fully saturated rings. The molecule has 44 heavy (non-hydrogen) atoms. The SMILES string of the molecule is O=C1C2C(c3ccc(-c4ccccc4)cc3)NC(Cc3c[nH]c4ccccc34)(C(=O)O)C2C(=O)N1C/C=C\c1ccccc1. The first-order chi connectivity index (χ1) is 21.5. The van der Waals surface area contributed by atoms with Gasteiger partial charge in [0, 0.05) is 36.1 Å². The van der Waals surface area contributed by atoms with E-state index in [9.17, 15) is 19.5 Å². The Morgan fingerprint density at radius 3 is 2.20 bits per heavy atom. The molecule has 7 rings (SSSR count). The van der Waals surface area contributed by atoms with Crippen LogP contribution in [0.4, 0.5) is 0 Å². The van der Waals surface area contributed by atoms with Gasteiger partial charge in [-0.05, 0) is 33.9 Å². The van der Waals surface area contributed by atoms with Gasteiger partial charge in [0.15, 0.2) is 0 Å². The summed E-state index contributed by atoms with van der Waals surface area (Å²) in [5.41, 5.74) is 3.74. The number of H-pyrrole nitrogens is 1. The number of fused-ring (bicyclic) bond motifs is 2. The first-order valence-corrected chi connectivity index (χ1v) is 14.7. The lowest BCUT2D eigenvalue weighted by Gasteiger charge is -2.31. The zero-order valence-electron chi connectivity index (χ0n) is 23.9. The highest BCUT2D eigenvalue weighted by Crippen LogP contribution is 2.50. The summed E-state index contributed by atoms with van der Waals surface area (Å²) in [6, 6.07) is 34.4. The van der Waals surface area contributed by atoms with E-state index in [1.807, 2.05) is 115 Å². The van der Waals surface area contributed by atoms with Gasteiger partial charge in [0.2, 0.25) is 11.8 Å². The van der Waals surface area contributed by atoms with Crippen molar-refractivity contribution in [3.8, 4) is 11.1 Å². The summed E-state index contributed by atoms with van der Waals surface area (Å²) in [5.74, 6) is -3.91. The van der Waals surface area contributed by atoms with Gasteiger partial charge in [0.25, 0.3) is 0 Å². The van der Waals surface area contributed by atoms with Gasteiger partial charge in [-0.1, -0.05) is 115 Å². The number of likely N-dealkylation sites (tertiary alicyclic amines) is 1. The third-order valence-electron chi connectivity index (χ3n) is 9.05. The van der Waals surface area contributed by atoms with E-state index in [2.05, 4.69) is 10.3 Å². The quantitative estimate of drug-likeness (QED) is 0.199. The number of aromatic amines is 1. The summed E-state index contributed by atoms with van der Waals surface area (Å²) in [6.07, 6.45) is 5.49. The number of para-hydroxylation sites is 1. The Balaban J connectivity index is 1.28. The third-order valence-corrected chi connectivity index (χ3v) is 9.05. The maximum atomic E-state index is 14.1. The molecule has 4 atom stereocenters. The Hall–Kier alpha value is -5.27. The number of rotatable bonds is 8. The van der Waals surface area contributed by atoms with Crippen LogP contribution < -0.4 is 5.32 Å². The monoisotopic (exact) mass is 581 g/mol. The van der Waals surface area contributed by atoms with E-state index in [-0.39, 0.29) is 18.9 Å². The number of hydrogen-bond donors (Lipinski definition) is 3. The van der Waals surface area contributed by atoms with Gasteiger partial charge in [-0.25, -0.2) is 0 Å². The van der Waals surface area contributed by atoms with Crippen LogP contribution in [0.15, 0.2) is 121 Å². The van der Waals surface area contributed by atoms with Crippen LogP contribution in [0.2, 0.25) is 0 Å². The number of benzene rings is 4. The van der Waals surface area contributed by atoms with Crippen molar-refractivity contribution in [3.05, 3.63) is 138 Å². The van der Waals surface area contributed by atoms with Crippen molar-refractivity contribution in [2.24, 2.45) is 11.8 Å². The summed E-state index contributed by atoms with van der Waals surface area (Å²) in [7, 11) is 0. The Labute approximate surface area is 254 Å². The first kappa shape index (κ1) is 27.6. The van der Waals surface area contributed by atoms with Gasteiger partial charge in [0.1, 0.15) is 5.54 Å². The Bertz CT molecular complexity index is 1880. The number of carboxylic acid groups (broad SMARTS) is 1. The van der Waals surface area contributed by atoms with Crippen LogP contribution in [0.3, 0.4) is 0 Å². The van der Waals surface area contributed by atoms with E-state index >= 15 is 0 Å². The van der Waals surface area contributed by atoms with Gasteiger partial charge in [0.05, 0.1) is 11.8 Å². The lowest BCUT2D eigenvalue weighted by Crippen LogP contribution is -2.57. The second-order valence-corrected chi connectivity index (χ2v) is 11.5. The largest absolute Gasteiger partial charge is 0.480 e. The van der Waals surface area contributed by atoms with Crippen LogP contribution in [-0.2, 0) is 20.8 Å². The number of carboxylic acids is 1. The van der Waals surface area contributed by atoms with Crippen LogP contribution in [0, 0.1) is 11.8 Å². The Morgan fingerprint density at radius 2 is 1.48 bits per heavy atom. The predicted molar refractivity (Wildman–Crippen MR) is 169 cm³/mol. The molecule has 0 bridgehead atoms. The zero-order valence-corrected chi connectivity index (χ0v) is 23.9. The number of aliphatic carboxylic acids is 1. The normalized spacial score (nSPS) is 23.1. The molecule has 0 aliphatic carbocycles. The van der Waals surface area contributed by atoms with Gasteiger partial charge in [-0.3, -0.25) is 24.6 Å². The minimum Gasteiger partial charge on any atom is -0.480 e. The number of carbonyl (C=O) groups is 3. The first-order valence-electron chi connectivity index (χ1n) is 14.7. The second-order valence-electron chi connectivity index (χ2n) is 11.5. The van der Waals surface area contributed by atoms with Gasteiger partial charge in [-0.2, -0.15) is 0 Å². The molecule has 7 heteroatoms. The summed E-state index contributed by atoms with van der Waals surface area (Å²) >= 11 is 0. The van der Waals surface area contributed by atoms with Crippen molar-refractivity contribution in [1.29, 1.82) is 0 Å². The van der Waals surface area contributed by atoms with E-state index in [0.29, 0.717) is 0 Å². The summed E-state index contributed by atoms with van der Waals surface area (Å²) < 4.78 is 0. The molecular formula is C37H31N3O4. The van der Waals surface area contributed by atoms with Crippen LogP contribution >= 0.6 is 0 Å². The highest BCUT2D eigenvalue weighted by molar-refractivity contribution is 6.09. The fourth-order valence-electron chi connectivity index (χ4n) is 6.91. The number of carbonyl (C=O) groups excluding carboxylic acids is 2. The minimum atomic E-state index is -1.69. The van der Waals surface area contributed by atoms with Crippen LogP contribution in [0.5, 0.6) is 0 Å². The van der Waals surface area contributed by atoms with E-state index in [1.54, 1.807) is 12.3 Å². The van der Waals surface area contributed by atoms with Gasteiger partial charge < -0.3 is 10.1 Å². The van der Waals surface area contributed by atoms with E-state index in [0.717, 1.165) is 38.7 Å². The summed E-state index contributed by atoms with van der Waals surface area (Å²) in [6.45, 7) is 0.0714. The molecule has 3 heterocycles. The van der Waals surface area contributed by atoms with Crippen molar-refractivity contribution >= 4 is 34.8 Å². The summed E-state index contributed by atoms with van der Waals surface area (Å²) in [4.78, 5) is 46.0. The third kappa shape index (κ3) is 4.62. The van der Waals surface area contributed by atoms with Crippen LogP contribution in [-0.4, -0.2) is 44.9 Å². The van der Waals surface area contributed by atoms with E-state index in [1.165, 1.54) is 4.90 Å². The minimum absolute atomic E-state index is 0.0405. The number of nitrogens with zero attached hydrogens (tertiary/aromatic N) is 1. The molecule has 0 spiro atoms. The molecule has 4 aromatic carbocycles. The van der Waals surface area contributed by atoms with E-state index in [4.69, 9.17) is 0 Å². The molecular weight excluding hydrogens is 550 g/mol. The number of imide groups is 1. The molecule has 1 aromatic heterocycles. The fraction of sp³-hybridized carbons (Fsp3) is 0.162. The molecule has 0 radical (unpaired) electrons. The summed E-state index contributed by atoms with van der Waals surface area (Å²) in [5, 5.41) is 15.1. The Morgan fingerprint density at radius 1 is 0.818 bits per heavy atom. The molecule has 7 nitrogen and oxygen atoms in total. The van der Waals surface area contributed by atoms with Crippen molar-refractivity contribution in [3.63, 3.8) is 0 Å². The highest BCUT2D eigenvalue weighted by atomic mass is 16.4. The van der Waals surface area contributed by atoms with Crippen LogP contribution in [0.25, 0.3) is 28.1 Å². The predicted octanol–water partition coefficient (Wildman–Crippen LogP) is 5.86. The number of aromatic nitrogens is 1. The molecule has 2 amide bonds. The molecule has 0 saturated carbocycles. The van der Waals surface area contributed by atoms with Crippen LogP contribution in [0.1, 0.15) is 22.7 Å². The van der Waals surface area contributed by atoms with E-state index < -0.39 is 35.3 Å². The van der Waals surface area contributed by atoms with Crippen molar-refractivity contribution in [1.82, 2.24) is 15.2 Å². The van der Waals surface area contributed by atoms with Gasteiger partial charge in [-0.15, -0.1) is 0 Å². The molecule has 2 saturated heterocycles. The molecule has 2 aliphatic rings. The number of nitrogens with one attached hydrogen (secondary N) is 2. The molecule has 3 N–H and O–H groups in total. The topological polar surface area (TPSA) is 102 Å². The zero-order chi connectivity index (χ0) is 30.3. The number of hydrogen-bond acceptors (Lipinski definition) is 4. The number of amides is 2. The standard InChI is InChI=1S/C37H31N3O4/c41-34-31-32(35(42)40(34)21-9-12-24-10-3-1-4-11-24)37(36(43)44,22-28-23-38-30-16-8-7-15-29(28)30)39-33(31)27-19-17-26(18-20-27)25-13-5-2-6-14-25/h1-20,23,31-33,38-39H,21-22H2,(H,43,44)/b12-9-. The average Bonchev–Trinajstić information content (AvgIpc) is 3.70.